The summed E-state index contributed by atoms with van der Waals surface area (Å²) in [4.78, 5) is 26.8. The Bertz CT molecular complexity index is 1470. The van der Waals surface area contributed by atoms with E-state index in [1.807, 2.05) is 46.3 Å². The Labute approximate surface area is 230 Å². The summed E-state index contributed by atoms with van der Waals surface area (Å²) in [5.74, 6) is 0.898. The van der Waals surface area contributed by atoms with E-state index in [-0.39, 0.29) is 23.7 Å². The molecule has 38 heavy (non-hydrogen) atoms. The molecule has 2 fully saturated rings. The molecule has 2 saturated heterocycles. The van der Waals surface area contributed by atoms with Crippen molar-refractivity contribution in [3.05, 3.63) is 48.2 Å². The summed E-state index contributed by atoms with van der Waals surface area (Å²) < 4.78 is 15.0. The van der Waals surface area contributed by atoms with Gasteiger partial charge in [-0.1, -0.05) is 23.9 Å². The van der Waals surface area contributed by atoms with Gasteiger partial charge in [0.25, 0.3) is 0 Å². The van der Waals surface area contributed by atoms with Gasteiger partial charge in [0.2, 0.25) is 5.95 Å². The van der Waals surface area contributed by atoms with E-state index in [1.54, 1.807) is 23.1 Å². The van der Waals surface area contributed by atoms with Crippen LogP contribution in [0.15, 0.2) is 58.0 Å². The van der Waals surface area contributed by atoms with Crippen LogP contribution in [0, 0.1) is 5.41 Å². The lowest BCUT2D eigenvalue weighted by molar-refractivity contribution is 0.0434. The lowest BCUT2D eigenvalue weighted by Crippen LogP contribution is -2.55. The van der Waals surface area contributed by atoms with Gasteiger partial charge in [0.1, 0.15) is 5.60 Å². The molecule has 4 aromatic rings. The summed E-state index contributed by atoms with van der Waals surface area (Å²) in [6, 6.07) is 8.48. The average molecular weight is 552 g/mol. The van der Waals surface area contributed by atoms with Crippen molar-refractivity contribution in [2.24, 2.45) is 5.41 Å². The third kappa shape index (κ3) is 4.74. The van der Waals surface area contributed by atoms with Crippen molar-refractivity contribution in [3.63, 3.8) is 0 Å². The maximum absolute atomic E-state index is 12.6. The Morgan fingerprint density at radius 2 is 2.03 bits per heavy atom. The van der Waals surface area contributed by atoms with Crippen molar-refractivity contribution in [3.8, 4) is 0 Å². The minimum Gasteiger partial charge on any atom is -0.444 e. The van der Waals surface area contributed by atoms with E-state index in [2.05, 4.69) is 44.3 Å². The molecule has 0 bridgehead atoms. The van der Waals surface area contributed by atoms with Crippen LogP contribution >= 0.6 is 23.1 Å². The molecule has 2 aliphatic heterocycles. The first-order valence-corrected chi connectivity index (χ1v) is 14.7. The van der Waals surface area contributed by atoms with Gasteiger partial charge in [0.05, 0.1) is 23.6 Å². The van der Waals surface area contributed by atoms with Gasteiger partial charge in [-0.3, -0.25) is 4.40 Å². The van der Waals surface area contributed by atoms with Crippen LogP contribution in [0.5, 0.6) is 0 Å². The Kier molecular flexibility index (Phi) is 6.52. The summed E-state index contributed by atoms with van der Waals surface area (Å²) in [6.07, 6.45) is 7.14. The number of anilines is 1. The van der Waals surface area contributed by atoms with Crippen LogP contribution in [-0.2, 0) is 9.47 Å². The first-order chi connectivity index (χ1) is 18.2. The summed E-state index contributed by atoms with van der Waals surface area (Å²) in [5.41, 5.74) is 0.262. The monoisotopic (exact) mass is 551 g/mol. The molecule has 10 heteroatoms. The molecule has 0 radical (unpaired) electrons. The van der Waals surface area contributed by atoms with Gasteiger partial charge in [0, 0.05) is 46.7 Å². The van der Waals surface area contributed by atoms with Gasteiger partial charge < -0.3 is 19.7 Å². The molecular formula is C28H33N5O3S2. The molecule has 1 aromatic carbocycles. The standard InChI is InChI=1S/C28H33N5O3S2/c1-18-23(31-26(34)36-27(2,3)4)28(17-35-18)9-12-32(13-10-28)25-30-16-21(24-29-11-14-33(24)25)38-20-7-5-6-19-8-15-37-22(19)20/h5-8,11,14-16,18,23H,9-10,12-13,17H2,1-4H3,(H,31,34)/t18-,23+/m0/s1. The molecule has 200 valence electrons. The highest BCUT2D eigenvalue weighted by Gasteiger charge is 2.50. The molecule has 0 unspecified atom stereocenters. The van der Waals surface area contributed by atoms with Crippen LogP contribution in [0.2, 0.25) is 0 Å². The van der Waals surface area contributed by atoms with E-state index >= 15 is 0 Å². The van der Waals surface area contributed by atoms with Gasteiger partial charge in [-0.2, -0.15) is 0 Å². The summed E-state index contributed by atoms with van der Waals surface area (Å²) in [5, 5.41) is 6.52. The number of fused-ring (bicyclic) bond motifs is 2. The third-order valence-electron chi connectivity index (χ3n) is 7.51. The minimum absolute atomic E-state index is 0.0587. The van der Waals surface area contributed by atoms with Crippen LogP contribution in [0.1, 0.15) is 40.5 Å². The van der Waals surface area contributed by atoms with Gasteiger partial charge in [-0.15, -0.1) is 11.3 Å². The fourth-order valence-corrected chi connectivity index (χ4v) is 7.67. The maximum Gasteiger partial charge on any atom is 0.407 e. The number of rotatable bonds is 4. The largest absolute Gasteiger partial charge is 0.444 e. The number of piperidine rings is 1. The highest BCUT2D eigenvalue weighted by Crippen LogP contribution is 2.43. The van der Waals surface area contributed by atoms with Crippen molar-refractivity contribution in [2.45, 2.75) is 68.1 Å². The smallest absolute Gasteiger partial charge is 0.407 e. The Morgan fingerprint density at radius 3 is 2.82 bits per heavy atom. The number of alkyl carbamates (subject to hydrolysis) is 1. The Balaban J connectivity index is 1.20. The summed E-state index contributed by atoms with van der Waals surface area (Å²) in [7, 11) is 0. The number of carbonyl (C=O) groups is 1. The number of ether oxygens (including phenoxy) is 2. The maximum atomic E-state index is 12.6. The third-order valence-corrected chi connectivity index (χ3v) is 9.67. The number of amides is 1. The lowest BCUT2D eigenvalue weighted by Gasteiger charge is -2.43. The number of aromatic nitrogens is 3. The molecule has 2 atom stereocenters. The van der Waals surface area contributed by atoms with Crippen molar-refractivity contribution < 1.29 is 14.3 Å². The van der Waals surface area contributed by atoms with Crippen LogP contribution in [0.3, 0.4) is 0 Å². The lowest BCUT2D eigenvalue weighted by atomic mass is 9.73. The molecule has 5 heterocycles. The first kappa shape index (κ1) is 25.5. The molecule has 0 aliphatic carbocycles. The molecule has 8 nitrogen and oxygen atoms in total. The first-order valence-electron chi connectivity index (χ1n) is 13.0. The van der Waals surface area contributed by atoms with E-state index in [4.69, 9.17) is 19.4 Å². The Morgan fingerprint density at radius 1 is 1.21 bits per heavy atom. The molecule has 1 amide bonds. The summed E-state index contributed by atoms with van der Waals surface area (Å²) >= 11 is 3.47. The van der Waals surface area contributed by atoms with Crippen molar-refractivity contribution in [1.82, 2.24) is 19.7 Å². The molecule has 3 aromatic heterocycles. The van der Waals surface area contributed by atoms with Gasteiger partial charge in [-0.25, -0.2) is 14.8 Å². The molecule has 6 rings (SSSR count). The number of benzene rings is 1. The fourth-order valence-electron chi connectivity index (χ4n) is 5.65. The number of hydrogen-bond acceptors (Lipinski definition) is 8. The highest BCUT2D eigenvalue weighted by molar-refractivity contribution is 8.00. The number of hydrogen-bond donors (Lipinski definition) is 1. The molecular weight excluding hydrogens is 518 g/mol. The number of thiophene rings is 1. The summed E-state index contributed by atoms with van der Waals surface area (Å²) in [6.45, 7) is 9.96. The van der Waals surface area contributed by atoms with Crippen molar-refractivity contribution in [1.29, 1.82) is 0 Å². The highest BCUT2D eigenvalue weighted by atomic mass is 32.2. The molecule has 2 aliphatic rings. The fraction of sp³-hybridized carbons (Fsp3) is 0.464. The number of nitrogens with zero attached hydrogens (tertiary/aromatic N) is 4. The predicted octanol–water partition coefficient (Wildman–Crippen LogP) is 5.99. The second kappa shape index (κ2) is 9.73. The molecule has 1 N–H and O–H groups in total. The van der Waals surface area contributed by atoms with Crippen molar-refractivity contribution >= 4 is 50.9 Å². The van der Waals surface area contributed by atoms with Crippen molar-refractivity contribution in [2.75, 3.05) is 24.6 Å². The topological polar surface area (TPSA) is 81.0 Å². The number of nitrogens with one attached hydrogen (secondary N) is 1. The van der Waals surface area contributed by atoms with E-state index in [1.165, 1.54) is 15.0 Å². The van der Waals surface area contributed by atoms with E-state index in [0.717, 1.165) is 42.4 Å². The zero-order chi connectivity index (χ0) is 26.5. The second-order valence-corrected chi connectivity index (χ2v) is 13.2. The van der Waals surface area contributed by atoms with Crippen LogP contribution in [-0.4, -0.2) is 57.9 Å². The molecule has 1 spiro atoms. The van der Waals surface area contributed by atoms with Gasteiger partial charge in [0.15, 0.2) is 5.65 Å². The molecule has 0 saturated carbocycles. The average Bonchev–Trinajstić information content (AvgIpc) is 3.61. The van der Waals surface area contributed by atoms with Gasteiger partial charge >= 0.3 is 6.09 Å². The second-order valence-electron chi connectivity index (χ2n) is 11.2. The zero-order valence-electron chi connectivity index (χ0n) is 22.1. The van der Waals surface area contributed by atoms with Crippen LogP contribution in [0.4, 0.5) is 10.7 Å². The number of imidazole rings is 1. The Hall–Kier alpha value is -2.82. The van der Waals surface area contributed by atoms with E-state index in [0.29, 0.717) is 6.61 Å². The minimum atomic E-state index is -0.536. The van der Waals surface area contributed by atoms with Gasteiger partial charge in [-0.05, 0) is 63.4 Å². The predicted molar refractivity (Wildman–Crippen MR) is 151 cm³/mol. The van der Waals surface area contributed by atoms with E-state index < -0.39 is 5.60 Å². The van der Waals surface area contributed by atoms with E-state index in [9.17, 15) is 4.79 Å². The van der Waals surface area contributed by atoms with Crippen LogP contribution < -0.4 is 10.2 Å². The normalized spacial score (nSPS) is 21.4. The SMILES string of the molecule is C[C@@H]1OCC2(CCN(c3ncc(Sc4cccc5ccsc45)c4nccn34)CC2)[C@@H]1NC(=O)OC(C)(C)C. The quantitative estimate of drug-likeness (QED) is 0.333. The number of carbonyl (C=O) groups excluding carboxylic acids is 1. The van der Waals surface area contributed by atoms with Crippen LogP contribution in [0.25, 0.3) is 15.7 Å². The zero-order valence-corrected chi connectivity index (χ0v) is 23.8.